The van der Waals surface area contributed by atoms with Crippen LogP contribution in [0.4, 0.5) is 10.1 Å². The van der Waals surface area contributed by atoms with Crippen molar-refractivity contribution in [3.63, 3.8) is 0 Å². The predicted molar refractivity (Wildman–Crippen MR) is 108 cm³/mol. The third kappa shape index (κ3) is 4.96. The summed E-state index contributed by atoms with van der Waals surface area (Å²) < 4.78 is 23.9. The summed E-state index contributed by atoms with van der Waals surface area (Å²) in [5.41, 5.74) is 0.789. The summed E-state index contributed by atoms with van der Waals surface area (Å²) in [6.07, 6.45) is 1.57. The zero-order valence-corrected chi connectivity index (χ0v) is 17.2. The number of halogens is 1. The largest absolute Gasteiger partial charge is 0.466 e. The smallest absolute Gasteiger partial charge is 0.356 e. The average Bonchev–Trinajstić information content (AvgIpc) is 3.06. The number of aromatic amines is 1. The lowest BCUT2D eigenvalue weighted by Gasteiger charge is -2.28. The first kappa shape index (κ1) is 21.8. The highest BCUT2D eigenvalue weighted by Crippen LogP contribution is 2.29. The number of fused-ring (bicyclic) bond motifs is 1. The minimum absolute atomic E-state index is 0.0730. The minimum Gasteiger partial charge on any atom is -0.466 e. The number of aromatic nitrogens is 1. The number of carbonyl (C=O) groups is 3. The number of ether oxygens (including phenoxy) is 2. The molecule has 1 saturated heterocycles. The van der Waals surface area contributed by atoms with Gasteiger partial charge in [0.1, 0.15) is 17.4 Å². The predicted octanol–water partition coefficient (Wildman–Crippen LogP) is 1.28. The third-order valence-corrected chi connectivity index (χ3v) is 5.15. The van der Waals surface area contributed by atoms with Crippen LogP contribution in [0.5, 0.6) is 0 Å². The first-order valence-corrected chi connectivity index (χ1v) is 10.2. The number of likely N-dealkylation sites (tertiary alicyclic amines) is 1. The summed E-state index contributed by atoms with van der Waals surface area (Å²) in [4.78, 5) is 40.9. The molecule has 1 unspecified atom stereocenters. The van der Waals surface area contributed by atoms with Crippen LogP contribution in [0, 0.1) is 11.7 Å². The maximum Gasteiger partial charge on any atom is 0.356 e. The molecule has 0 spiro atoms. The number of hydrogen-bond donors (Lipinski definition) is 3. The van der Waals surface area contributed by atoms with Crippen molar-refractivity contribution in [2.45, 2.75) is 26.7 Å². The minimum atomic E-state index is -0.628. The van der Waals surface area contributed by atoms with E-state index in [0.717, 1.165) is 24.3 Å². The van der Waals surface area contributed by atoms with E-state index in [4.69, 9.17) is 9.47 Å². The van der Waals surface area contributed by atoms with Crippen molar-refractivity contribution in [3.05, 3.63) is 29.7 Å². The Bertz CT molecular complexity index is 942. The molecule has 1 aromatic heterocycles. The molecule has 1 amide bonds. The maximum absolute atomic E-state index is 13.8. The second-order valence-electron chi connectivity index (χ2n) is 7.31. The van der Waals surface area contributed by atoms with E-state index in [1.54, 1.807) is 13.8 Å². The van der Waals surface area contributed by atoms with Gasteiger partial charge < -0.3 is 24.7 Å². The van der Waals surface area contributed by atoms with Crippen molar-refractivity contribution in [1.29, 1.82) is 0 Å². The van der Waals surface area contributed by atoms with Crippen LogP contribution >= 0.6 is 0 Å². The molecule has 0 bridgehead atoms. The zero-order valence-electron chi connectivity index (χ0n) is 17.2. The van der Waals surface area contributed by atoms with Crippen molar-refractivity contribution < 1.29 is 33.1 Å². The summed E-state index contributed by atoms with van der Waals surface area (Å²) in [6.45, 7) is 5.35. The fourth-order valence-electron chi connectivity index (χ4n) is 3.83. The lowest BCUT2D eigenvalue weighted by molar-refractivity contribution is -0.899. The Kier molecular flexibility index (Phi) is 7.04. The molecule has 2 heterocycles. The van der Waals surface area contributed by atoms with Gasteiger partial charge in [-0.2, -0.15) is 0 Å². The van der Waals surface area contributed by atoms with Gasteiger partial charge in [-0.05, 0) is 44.9 Å². The van der Waals surface area contributed by atoms with Gasteiger partial charge in [-0.15, -0.1) is 0 Å². The number of anilines is 1. The quantitative estimate of drug-likeness (QED) is 0.586. The normalized spacial score (nSPS) is 18.8. The lowest BCUT2D eigenvalue weighted by atomic mass is 9.98. The van der Waals surface area contributed by atoms with Crippen LogP contribution < -0.4 is 10.2 Å². The highest BCUT2D eigenvalue weighted by molar-refractivity contribution is 6.11. The summed E-state index contributed by atoms with van der Waals surface area (Å²) >= 11 is 0. The Labute approximate surface area is 173 Å². The van der Waals surface area contributed by atoms with Crippen LogP contribution in [0.1, 0.15) is 37.2 Å². The first-order valence-electron chi connectivity index (χ1n) is 10.2. The van der Waals surface area contributed by atoms with E-state index in [0.29, 0.717) is 24.1 Å². The van der Waals surface area contributed by atoms with Crippen LogP contribution in [0.3, 0.4) is 0 Å². The van der Waals surface area contributed by atoms with Gasteiger partial charge >= 0.3 is 11.9 Å². The summed E-state index contributed by atoms with van der Waals surface area (Å²) in [6, 6.07) is 4.03. The molecule has 0 aliphatic carbocycles. The topological polar surface area (TPSA) is 102 Å². The van der Waals surface area contributed by atoms with E-state index in [1.165, 1.54) is 18.2 Å². The van der Waals surface area contributed by atoms with Crippen LogP contribution in [-0.2, 0) is 19.1 Å². The molecule has 1 fully saturated rings. The van der Waals surface area contributed by atoms with Crippen molar-refractivity contribution in [2.75, 3.05) is 38.2 Å². The van der Waals surface area contributed by atoms with E-state index < -0.39 is 11.8 Å². The van der Waals surface area contributed by atoms with Crippen molar-refractivity contribution in [1.82, 2.24) is 4.98 Å². The monoisotopic (exact) mass is 420 g/mol. The van der Waals surface area contributed by atoms with Crippen LogP contribution in [0.2, 0.25) is 0 Å². The van der Waals surface area contributed by atoms with E-state index >= 15 is 0 Å². The number of esters is 2. The molecule has 1 aliphatic heterocycles. The standard InChI is InChI=1S/C21H26FN3O5/c1-3-29-20(27)13-6-5-9-25(11-13)12-17(26)24-18-15-10-14(22)7-8-16(15)23-19(18)21(28)30-4-2/h7-8,10,13,23H,3-6,9,11-12H2,1-2H3,(H,24,26)/p+1/t13-/m0/s1. The number of H-pyrrole nitrogens is 1. The van der Waals surface area contributed by atoms with E-state index in [9.17, 15) is 18.8 Å². The van der Waals surface area contributed by atoms with Gasteiger partial charge in [0.25, 0.3) is 5.91 Å². The molecule has 162 valence electrons. The molecule has 3 N–H and O–H groups in total. The van der Waals surface area contributed by atoms with Crippen LogP contribution in [-0.4, -0.2) is 55.7 Å². The van der Waals surface area contributed by atoms with Gasteiger partial charge in [0.05, 0.1) is 32.0 Å². The molecule has 9 heteroatoms. The number of hydrogen-bond acceptors (Lipinski definition) is 5. The van der Waals surface area contributed by atoms with E-state index in [-0.39, 0.29) is 42.3 Å². The number of carbonyl (C=O) groups excluding carboxylic acids is 3. The van der Waals surface area contributed by atoms with Gasteiger partial charge in [0.2, 0.25) is 0 Å². The van der Waals surface area contributed by atoms with Gasteiger partial charge in [0.15, 0.2) is 6.54 Å². The number of piperidine rings is 1. The second kappa shape index (κ2) is 9.71. The Morgan fingerprint density at radius 1 is 1.23 bits per heavy atom. The molecule has 30 heavy (non-hydrogen) atoms. The van der Waals surface area contributed by atoms with Crippen LogP contribution in [0.25, 0.3) is 10.9 Å². The molecule has 0 radical (unpaired) electrons. The molecule has 3 rings (SSSR count). The molecule has 2 aromatic rings. The first-order chi connectivity index (χ1) is 14.4. The Hall–Kier alpha value is -2.94. The van der Waals surface area contributed by atoms with Gasteiger partial charge in [-0.1, -0.05) is 0 Å². The van der Waals surface area contributed by atoms with Crippen molar-refractivity contribution in [2.24, 2.45) is 5.92 Å². The van der Waals surface area contributed by atoms with Gasteiger partial charge in [-0.25, -0.2) is 9.18 Å². The van der Waals surface area contributed by atoms with Crippen LogP contribution in [0.15, 0.2) is 18.2 Å². The van der Waals surface area contributed by atoms with Gasteiger partial charge in [-0.3, -0.25) is 9.59 Å². The molecule has 2 atom stereocenters. The molecule has 0 saturated carbocycles. The Morgan fingerprint density at radius 3 is 2.73 bits per heavy atom. The summed E-state index contributed by atoms with van der Waals surface area (Å²) in [5.74, 6) is -1.89. The third-order valence-electron chi connectivity index (χ3n) is 5.15. The zero-order chi connectivity index (χ0) is 21.7. The summed E-state index contributed by atoms with van der Waals surface area (Å²) in [5, 5.41) is 3.13. The molecular formula is C21H27FN3O5+. The number of benzene rings is 1. The number of quaternary nitrogens is 1. The highest BCUT2D eigenvalue weighted by atomic mass is 19.1. The van der Waals surface area contributed by atoms with E-state index in [1.807, 2.05) is 0 Å². The molecule has 8 nitrogen and oxygen atoms in total. The van der Waals surface area contributed by atoms with E-state index in [2.05, 4.69) is 10.3 Å². The Balaban J connectivity index is 1.75. The summed E-state index contributed by atoms with van der Waals surface area (Å²) in [7, 11) is 0. The molecular weight excluding hydrogens is 393 g/mol. The second-order valence-corrected chi connectivity index (χ2v) is 7.31. The highest BCUT2D eigenvalue weighted by Gasteiger charge is 2.31. The Morgan fingerprint density at radius 2 is 2.00 bits per heavy atom. The fraction of sp³-hybridized carbons (Fsp3) is 0.476. The maximum atomic E-state index is 13.8. The molecule has 1 aliphatic rings. The van der Waals surface area contributed by atoms with Gasteiger partial charge in [0, 0.05) is 10.9 Å². The van der Waals surface area contributed by atoms with Crippen molar-refractivity contribution in [3.8, 4) is 0 Å². The number of rotatable bonds is 7. The number of nitrogens with one attached hydrogen (secondary N) is 3. The SMILES string of the molecule is CCOC(=O)c1[nH]c2ccc(F)cc2c1NC(=O)C[NH+]1CCC[C@H](C(=O)OCC)C1. The number of amides is 1. The molecule has 1 aromatic carbocycles. The fourth-order valence-corrected chi connectivity index (χ4v) is 3.83. The average molecular weight is 420 g/mol. The van der Waals surface area contributed by atoms with Crippen molar-refractivity contribution >= 4 is 34.4 Å². The lowest BCUT2D eigenvalue weighted by Crippen LogP contribution is -3.14.